The molecule has 0 radical (unpaired) electrons. The SMILES string of the molecule is CCC(CC)N(CCN)C(=O)c1ccc(OC)c(OC)c1. The zero-order valence-corrected chi connectivity index (χ0v) is 13.4. The summed E-state index contributed by atoms with van der Waals surface area (Å²) in [4.78, 5) is 14.6. The molecule has 0 unspecified atom stereocenters. The van der Waals surface area contributed by atoms with Gasteiger partial charge in [0, 0.05) is 24.7 Å². The summed E-state index contributed by atoms with van der Waals surface area (Å²) in [5.41, 5.74) is 6.25. The predicted octanol–water partition coefficient (Wildman–Crippen LogP) is 2.29. The molecule has 1 rings (SSSR count). The highest BCUT2D eigenvalue weighted by Gasteiger charge is 2.22. The van der Waals surface area contributed by atoms with Crippen LogP contribution in [0.25, 0.3) is 0 Å². The number of hydrogen-bond donors (Lipinski definition) is 1. The van der Waals surface area contributed by atoms with E-state index in [2.05, 4.69) is 13.8 Å². The van der Waals surface area contributed by atoms with Crippen LogP contribution in [-0.4, -0.2) is 44.2 Å². The molecule has 1 aromatic carbocycles. The zero-order valence-electron chi connectivity index (χ0n) is 13.4. The Labute approximate surface area is 127 Å². The number of rotatable bonds is 8. The molecule has 0 saturated carbocycles. The van der Waals surface area contributed by atoms with Crippen LogP contribution in [0.15, 0.2) is 18.2 Å². The molecule has 0 spiro atoms. The molecule has 0 heterocycles. The molecule has 2 N–H and O–H groups in total. The van der Waals surface area contributed by atoms with Crippen molar-refractivity contribution in [1.29, 1.82) is 0 Å². The second-order valence-electron chi connectivity index (χ2n) is 4.83. The van der Waals surface area contributed by atoms with Gasteiger partial charge in [0.25, 0.3) is 5.91 Å². The number of hydrogen-bond acceptors (Lipinski definition) is 4. The maximum atomic E-state index is 12.7. The maximum Gasteiger partial charge on any atom is 0.254 e. The normalized spacial score (nSPS) is 10.6. The summed E-state index contributed by atoms with van der Waals surface area (Å²) in [6.07, 6.45) is 1.82. The van der Waals surface area contributed by atoms with Gasteiger partial charge >= 0.3 is 0 Å². The van der Waals surface area contributed by atoms with E-state index in [0.717, 1.165) is 12.8 Å². The maximum absolute atomic E-state index is 12.7. The molecular weight excluding hydrogens is 268 g/mol. The fourth-order valence-electron chi connectivity index (χ4n) is 2.45. The molecule has 0 fully saturated rings. The van der Waals surface area contributed by atoms with E-state index in [9.17, 15) is 4.79 Å². The summed E-state index contributed by atoms with van der Waals surface area (Å²) >= 11 is 0. The fourth-order valence-corrected chi connectivity index (χ4v) is 2.45. The number of methoxy groups -OCH3 is 2. The van der Waals surface area contributed by atoms with E-state index in [1.807, 2.05) is 4.90 Å². The number of benzene rings is 1. The number of amides is 1. The van der Waals surface area contributed by atoms with Crippen LogP contribution < -0.4 is 15.2 Å². The Kier molecular flexibility index (Phi) is 7.02. The third-order valence-electron chi connectivity index (χ3n) is 3.64. The van der Waals surface area contributed by atoms with Crippen molar-refractivity contribution >= 4 is 5.91 Å². The lowest BCUT2D eigenvalue weighted by Crippen LogP contribution is -2.42. The van der Waals surface area contributed by atoms with Crippen molar-refractivity contribution in [3.05, 3.63) is 23.8 Å². The Morgan fingerprint density at radius 1 is 1.19 bits per heavy atom. The number of carbonyl (C=O) groups excluding carboxylic acids is 1. The smallest absolute Gasteiger partial charge is 0.254 e. The highest BCUT2D eigenvalue weighted by molar-refractivity contribution is 5.95. The van der Waals surface area contributed by atoms with Crippen molar-refractivity contribution in [3.8, 4) is 11.5 Å². The van der Waals surface area contributed by atoms with Gasteiger partial charge in [0.2, 0.25) is 0 Å². The lowest BCUT2D eigenvalue weighted by atomic mass is 10.1. The molecule has 0 aliphatic carbocycles. The largest absolute Gasteiger partial charge is 0.493 e. The summed E-state index contributed by atoms with van der Waals surface area (Å²) in [5, 5.41) is 0. The van der Waals surface area contributed by atoms with Crippen LogP contribution in [0.1, 0.15) is 37.0 Å². The number of carbonyl (C=O) groups is 1. The molecule has 0 aromatic heterocycles. The Hall–Kier alpha value is -1.75. The van der Waals surface area contributed by atoms with Crippen molar-refractivity contribution in [1.82, 2.24) is 4.90 Å². The first kappa shape index (κ1) is 17.3. The fraction of sp³-hybridized carbons (Fsp3) is 0.562. The van der Waals surface area contributed by atoms with Crippen molar-refractivity contribution in [2.75, 3.05) is 27.3 Å². The van der Waals surface area contributed by atoms with Crippen molar-refractivity contribution in [3.63, 3.8) is 0 Å². The Morgan fingerprint density at radius 3 is 2.29 bits per heavy atom. The Morgan fingerprint density at radius 2 is 1.81 bits per heavy atom. The van der Waals surface area contributed by atoms with E-state index in [1.165, 1.54) is 0 Å². The van der Waals surface area contributed by atoms with Crippen LogP contribution >= 0.6 is 0 Å². The van der Waals surface area contributed by atoms with Gasteiger partial charge in [-0.25, -0.2) is 0 Å². The third-order valence-corrected chi connectivity index (χ3v) is 3.64. The summed E-state index contributed by atoms with van der Waals surface area (Å²) in [6.45, 7) is 5.17. The summed E-state index contributed by atoms with van der Waals surface area (Å²) in [7, 11) is 3.13. The van der Waals surface area contributed by atoms with E-state index in [4.69, 9.17) is 15.2 Å². The Balaban J connectivity index is 3.08. The molecule has 118 valence electrons. The molecule has 0 saturated heterocycles. The highest BCUT2D eigenvalue weighted by atomic mass is 16.5. The van der Waals surface area contributed by atoms with Gasteiger partial charge in [-0.3, -0.25) is 4.79 Å². The molecule has 0 bridgehead atoms. The quantitative estimate of drug-likeness (QED) is 0.799. The lowest BCUT2D eigenvalue weighted by molar-refractivity contribution is 0.0674. The molecule has 0 aliphatic heterocycles. The summed E-state index contributed by atoms with van der Waals surface area (Å²) < 4.78 is 10.5. The van der Waals surface area contributed by atoms with Crippen molar-refractivity contribution < 1.29 is 14.3 Å². The van der Waals surface area contributed by atoms with E-state index in [0.29, 0.717) is 30.2 Å². The van der Waals surface area contributed by atoms with E-state index in [-0.39, 0.29) is 11.9 Å². The first-order chi connectivity index (χ1) is 10.1. The second-order valence-corrected chi connectivity index (χ2v) is 4.83. The standard InChI is InChI=1S/C16H26N2O3/c1-5-13(6-2)18(10-9-17)16(19)12-7-8-14(20-3)15(11-12)21-4/h7-8,11,13H,5-6,9-10,17H2,1-4H3. The number of nitrogens with zero attached hydrogens (tertiary/aromatic N) is 1. The van der Waals surface area contributed by atoms with Crippen LogP contribution in [0.5, 0.6) is 11.5 Å². The minimum Gasteiger partial charge on any atom is -0.493 e. The van der Waals surface area contributed by atoms with Gasteiger partial charge in [0.05, 0.1) is 14.2 Å². The van der Waals surface area contributed by atoms with E-state index >= 15 is 0 Å². The number of ether oxygens (including phenoxy) is 2. The first-order valence-corrected chi connectivity index (χ1v) is 7.35. The first-order valence-electron chi connectivity index (χ1n) is 7.35. The Bertz CT molecular complexity index is 459. The van der Waals surface area contributed by atoms with E-state index in [1.54, 1.807) is 32.4 Å². The van der Waals surface area contributed by atoms with Gasteiger partial charge in [-0.1, -0.05) is 13.8 Å². The van der Waals surface area contributed by atoms with Crippen LogP contribution in [0.2, 0.25) is 0 Å². The second kappa shape index (κ2) is 8.52. The van der Waals surface area contributed by atoms with Crippen molar-refractivity contribution in [2.45, 2.75) is 32.7 Å². The zero-order chi connectivity index (χ0) is 15.8. The predicted molar refractivity (Wildman–Crippen MR) is 84.0 cm³/mol. The summed E-state index contributed by atoms with van der Waals surface area (Å²) in [6, 6.07) is 5.43. The minimum absolute atomic E-state index is 0.0184. The van der Waals surface area contributed by atoms with Gasteiger partial charge in [0.15, 0.2) is 11.5 Å². The average molecular weight is 294 g/mol. The van der Waals surface area contributed by atoms with Gasteiger partial charge in [-0.05, 0) is 31.0 Å². The molecule has 0 atom stereocenters. The molecule has 1 aromatic rings. The van der Waals surface area contributed by atoms with Crippen molar-refractivity contribution in [2.24, 2.45) is 5.73 Å². The number of nitrogens with two attached hydrogens (primary N) is 1. The van der Waals surface area contributed by atoms with Gasteiger partial charge in [0.1, 0.15) is 0 Å². The summed E-state index contributed by atoms with van der Waals surface area (Å²) in [5.74, 6) is 1.15. The van der Waals surface area contributed by atoms with Crippen LogP contribution in [0.4, 0.5) is 0 Å². The molecule has 5 nitrogen and oxygen atoms in total. The average Bonchev–Trinajstić information content (AvgIpc) is 2.53. The highest BCUT2D eigenvalue weighted by Crippen LogP contribution is 2.28. The third kappa shape index (κ3) is 4.11. The lowest BCUT2D eigenvalue weighted by Gasteiger charge is -2.30. The van der Waals surface area contributed by atoms with Crippen LogP contribution in [0, 0.1) is 0 Å². The topological polar surface area (TPSA) is 64.8 Å². The van der Waals surface area contributed by atoms with Gasteiger partial charge < -0.3 is 20.1 Å². The van der Waals surface area contributed by atoms with Gasteiger partial charge in [-0.2, -0.15) is 0 Å². The molecule has 1 amide bonds. The van der Waals surface area contributed by atoms with Gasteiger partial charge in [-0.15, -0.1) is 0 Å². The molecule has 21 heavy (non-hydrogen) atoms. The molecule has 5 heteroatoms. The minimum atomic E-state index is -0.0184. The molecular formula is C16H26N2O3. The van der Waals surface area contributed by atoms with Crippen LogP contribution in [-0.2, 0) is 0 Å². The van der Waals surface area contributed by atoms with E-state index < -0.39 is 0 Å². The monoisotopic (exact) mass is 294 g/mol. The molecule has 0 aliphatic rings. The van der Waals surface area contributed by atoms with Crippen LogP contribution in [0.3, 0.4) is 0 Å².